The van der Waals surface area contributed by atoms with Crippen LogP contribution in [0.3, 0.4) is 0 Å². The van der Waals surface area contributed by atoms with Crippen LogP contribution in [0.5, 0.6) is 11.5 Å². The van der Waals surface area contributed by atoms with E-state index in [1.807, 2.05) is 0 Å². The van der Waals surface area contributed by atoms with E-state index in [0.717, 1.165) is 0 Å². The van der Waals surface area contributed by atoms with E-state index in [2.05, 4.69) is 0 Å². The van der Waals surface area contributed by atoms with Crippen LogP contribution in [0.2, 0.25) is 5.02 Å². The van der Waals surface area contributed by atoms with Gasteiger partial charge in [-0.3, -0.25) is 9.59 Å². The molecule has 0 atom stereocenters. The Morgan fingerprint density at radius 2 is 1.79 bits per heavy atom. The van der Waals surface area contributed by atoms with Gasteiger partial charge < -0.3 is 14.6 Å². The third kappa shape index (κ3) is 4.13. The zero-order chi connectivity index (χ0) is 14.4. The van der Waals surface area contributed by atoms with Crippen molar-refractivity contribution in [1.82, 2.24) is 0 Å². The van der Waals surface area contributed by atoms with Crippen LogP contribution in [0, 0.1) is 0 Å². The lowest BCUT2D eigenvalue weighted by atomic mass is 10.0. The minimum atomic E-state index is -0.923. The molecule has 0 saturated carbocycles. The normalized spacial score (nSPS) is 10.1. The second kappa shape index (κ2) is 6.99. The molecule has 0 aliphatic rings. The van der Waals surface area contributed by atoms with Crippen molar-refractivity contribution in [3.8, 4) is 11.5 Å². The fraction of sp³-hybridized carbons (Fsp3) is 0.385. The number of aliphatic carboxylic acids is 1. The van der Waals surface area contributed by atoms with Gasteiger partial charge in [-0.2, -0.15) is 0 Å². The smallest absolute Gasteiger partial charge is 0.303 e. The fourth-order valence-electron chi connectivity index (χ4n) is 1.61. The molecule has 0 spiro atoms. The Kier molecular flexibility index (Phi) is 5.63. The number of methoxy groups -OCH3 is 2. The average molecular weight is 287 g/mol. The summed E-state index contributed by atoms with van der Waals surface area (Å²) in [7, 11) is 2.89. The van der Waals surface area contributed by atoms with E-state index in [1.165, 1.54) is 26.4 Å². The average Bonchev–Trinajstić information content (AvgIpc) is 2.37. The summed E-state index contributed by atoms with van der Waals surface area (Å²) in [4.78, 5) is 22.4. The number of hydrogen-bond donors (Lipinski definition) is 1. The maximum atomic E-state index is 12.0. The van der Waals surface area contributed by atoms with Crippen LogP contribution >= 0.6 is 11.6 Å². The van der Waals surface area contributed by atoms with Crippen molar-refractivity contribution in [2.75, 3.05) is 14.2 Å². The second-order valence-electron chi connectivity index (χ2n) is 3.86. The summed E-state index contributed by atoms with van der Waals surface area (Å²) < 4.78 is 10.1. The van der Waals surface area contributed by atoms with Crippen LogP contribution in [-0.4, -0.2) is 31.1 Å². The highest BCUT2D eigenvalue weighted by Crippen LogP contribution is 2.33. The van der Waals surface area contributed by atoms with Crippen LogP contribution in [0.1, 0.15) is 29.6 Å². The molecule has 0 bridgehead atoms. The lowest BCUT2D eigenvalue weighted by molar-refractivity contribution is -0.137. The van der Waals surface area contributed by atoms with Crippen molar-refractivity contribution in [3.05, 3.63) is 22.7 Å². The molecule has 0 saturated heterocycles. The zero-order valence-electron chi connectivity index (χ0n) is 10.7. The third-order valence-corrected chi connectivity index (χ3v) is 2.86. The van der Waals surface area contributed by atoms with Gasteiger partial charge in [-0.15, -0.1) is 0 Å². The monoisotopic (exact) mass is 286 g/mol. The molecule has 19 heavy (non-hydrogen) atoms. The maximum Gasteiger partial charge on any atom is 0.303 e. The van der Waals surface area contributed by atoms with E-state index in [9.17, 15) is 9.59 Å². The molecule has 0 radical (unpaired) electrons. The van der Waals surface area contributed by atoms with E-state index in [1.54, 1.807) is 0 Å². The number of carboxylic acid groups (broad SMARTS) is 1. The van der Waals surface area contributed by atoms with Crippen LogP contribution < -0.4 is 9.47 Å². The zero-order valence-corrected chi connectivity index (χ0v) is 11.5. The first kappa shape index (κ1) is 15.3. The number of carbonyl (C=O) groups excluding carboxylic acids is 1. The fourth-order valence-corrected chi connectivity index (χ4v) is 1.84. The Labute approximate surface area is 116 Å². The van der Waals surface area contributed by atoms with E-state index in [-0.39, 0.29) is 25.0 Å². The third-order valence-electron chi connectivity index (χ3n) is 2.57. The number of benzene rings is 1. The van der Waals surface area contributed by atoms with E-state index in [4.69, 9.17) is 26.2 Å². The maximum absolute atomic E-state index is 12.0. The van der Waals surface area contributed by atoms with E-state index >= 15 is 0 Å². The number of carboxylic acids is 1. The minimum absolute atomic E-state index is 0.0429. The van der Waals surface area contributed by atoms with Gasteiger partial charge in [0, 0.05) is 18.9 Å². The van der Waals surface area contributed by atoms with Gasteiger partial charge in [-0.05, 0) is 12.5 Å². The van der Waals surface area contributed by atoms with Crippen molar-refractivity contribution in [2.45, 2.75) is 19.3 Å². The first-order valence-electron chi connectivity index (χ1n) is 5.66. The molecule has 0 amide bonds. The van der Waals surface area contributed by atoms with Gasteiger partial charge >= 0.3 is 5.97 Å². The van der Waals surface area contributed by atoms with Crippen molar-refractivity contribution >= 4 is 23.4 Å². The highest BCUT2D eigenvalue weighted by molar-refractivity contribution is 6.32. The lowest BCUT2D eigenvalue weighted by Crippen LogP contribution is -2.04. The Balaban J connectivity index is 2.91. The first-order valence-corrected chi connectivity index (χ1v) is 6.04. The van der Waals surface area contributed by atoms with Crippen molar-refractivity contribution in [3.63, 3.8) is 0 Å². The molecule has 1 aromatic carbocycles. The molecule has 0 unspecified atom stereocenters. The number of halogens is 1. The second-order valence-corrected chi connectivity index (χ2v) is 4.26. The highest BCUT2D eigenvalue weighted by Gasteiger charge is 2.16. The Morgan fingerprint density at radius 1 is 1.16 bits per heavy atom. The summed E-state index contributed by atoms with van der Waals surface area (Å²) >= 11 is 5.94. The molecule has 0 aromatic heterocycles. The number of rotatable bonds is 7. The van der Waals surface area contributed by atoms with Crippen LogP contribution in [0.25, 0.3) is 0 Å². The van der Waals surface area contributed by atoms with E-state index in [0.29, 0.717) is 22.1 Å². The van der Waals surface area contributed by atoms with Crippen LogP contribution in [0.4, 0.5) is 0 Å². The van der Waals surface area contributed by atoms with Crippen molar-refractivity contribution < 1.29 is 24.2 Å². The standard InChI is InChI=1S/C13H15ClO5/c1-18-11-7-9(14)12(19-2)6-8(11)10(15)4-3-5-13(16)17/h6-7H,3-5H2,1-2H3,(H,16,17). The molecule has 0 aliphatic heterocycles. The topological polar surface area (TPSA) is 72.8 Å². The summed E-state index contributed by atoms with van der Waals surface area (Å²) in [6, 6.07) is 3.01. The Hall–Kier alpha value is -1.75. The van der Waals surface area contributed by atoms with Crippen LogP contribution in [-0.2, 0) is 4.79 Å². The van der Waals surface area contributed by atoms with Crippen molar-refractivity contribution in [2.24, 2.45) is 0 Å². The van der Waals surface area contributed by atoms with Crippen LogP contribution in [0.15, 0.2) is 12.1 Å². The highest BCUT2D eigenvalue weighted by atomic mass is 35.5. The summed E-state index contributed by atoms with van der Waals surface area (Å²) in [6.45, 7) is 0. The molecule has 0 fully saturated rings. The predicted molar refractivity (Wildman–Crippen MR) is 70.4 cm³/mol. The Morgan fingerprint density at radius 3 is 2.32 bits per heavy atom. The van der Waals surface area contributed by atoms with Gasteiger partial charge in [-0.1, -0.05) is 11.6 Å². The SMILES string of the molecule is COc1cc(C(=O)CCCC(=O)O)c(OC)cc1Cl. The summed E-state index contributed by atoms with van der Waals surface area (Å²) in [5.41, 5.74) is 0.342. The molecule has 6 heteroatoms. The summed E-state index contributed by atoms with van der Waals surface area (Å²) in [5, 5.41) is 8.89. The largest absolute Gasteiger partial charge is 0.496 e. The van der Waals surface area contributed by atoms with Gasteiger partial charge in [0.25, 0.3) is 0 Å². The quantitative estimate of drug-likeness (QED) is 0.780. The number of ether oxygens (including phenoxy) is 2. The molecule has 1 N–H and O–H groups in total. The van der Waals surface area contributed by atoms with E-state index < -0.39 is 5.97 Å². The molecule has 1 aromatic rings. The molecular formula is C13H15ClO5. The number of ketones is 1. The first-order chi connectivity index (χ1) is 8.99. The molecule has 5 nitrogen and oxygen atoms in total. The summed E-state index contributed by atoms with van der Waals surface area (Å²) in [5.74, 6) is -0.392. The number of Topliss-reactive ketones (excluding diaryl/α,β-unsaturated/α-hetero) is 1. The molecule has 0 heterocycles. The number of carbonyl (C=O) groups is 2. The molecule has 0 aliphatic carbocycles. The predicted octanol–water partition coefficient (Wildman–Crippen LogP) is 2.79. The van der Waals surface area contributed by atoms with Gasteiger partial charge in [-0.25, -0.2) is 0 Å². The lowest BCUT2D eigenvalue weighted by Gasteiger charge is -2.11. The molecule has 1 rings (SSSR count). The molecular weight excluding hydrogens is 272 g/mol. The number of hydrogen-bond acceptors (Lipinski definition) is 4. The van der Waals surface area contributed by atoms with Gasteiger partial charge in [0.2, 0.25) is 0 Å². The summed E-state index contributed by atoms with van der Waals surface area (Å²) in [6.07, 6.45) is 0.370. The Bertz CT molecular complexity index is 484. The van der Waals surface area contributed by atoms with Gasteiger partial charge in [0.1, 0.15) is 11.5 Å². The van der Waals surface area contributed by atoms with Gasteiger partial charge in [0.15, 0.2) is 5.78 Å². The van der Waals surface area contributed by atoms with Gasteiger partial charge in [0.05, 0.1) is 24.8 Å². The van der Waals surface area contributed by atoms with Crippen molar-refractivity contribution in [1.29, 1.82) is 0 Å². The molecule has 104 valence electrons. The minimum Gasteiger partial charge on any atom is -0.496 e.